The van der Waals surface area contributed by atoms with E-state index in [4.69, 9.17) is 10.2 Å². The highest BCUT2D eigenvalue weighted by molar-refractivity contribution is 7.80. The fourth-order valence-electron chi connectivity index (χ4n) is 1.39. The van der Waals surface area contributed by atoms with Crippen molar-refractivity contribution in [3.63, 3.8) is 0 Å². The molecule has 0 saturated carbocycles. The minimum atomic E-state index is -2.07. The van der Waals surface area contributed by atoms with Gasteiger partial charge in [0.1, 0.15) is 0 Å². The van der Waals surface area contributed by atoms with Crippen molar-refractivity contribution >= 4 is 18.4 Å². The number of Topliss-reactive ketones (excluding diaryl/α,β-unsaturated/α-hetero) is 1. The lowest BCUT2D eigenvalue weighted by molar-refractivity contribution is -0.172. The summed E-state index contributed by atoms with van der Waals surface area (Å²) in [6, 6.07) is 6.17. The molecule has 0 heterocycles. The third-order valence-corrected chi connectivity index (χ3v) is 2.44. The summed E-state index contributed by atoms with van der Waals surface area (Å²) in [4.78, 5) is 12.5. The van der Waals surface area contributed by atoms with E-state index in [9.17, 15) is 4.79 Å². The highest BCUT2D eigenvalue weighted by atomic mass is 32.1. The molecule has 4 nitrogen and oxygen atoms in total. The summed E-state index contributed by atoms with van der Waals surface area (Å²) in [6.45, 7) is 2.72. The summed E-state index contributed by atoms with van der Waals surface area (Å²) < 4.78 is 0. The van der Waals surface area contributed by atoms with E-state index in [2.05, 4.69) is 17.9 Å². The van der Waals surface area contributed by atoms with Gasteiger partial charge < -0.3 is 10.2 Å². The summed E-state index contributed by atoms with van der Waals surface area (Å²) in [7, 11) is 0. The Morgan fingerprint density at radius 3 is 2.50 bits per heavy atom. The first-order valence-electron chi connectivity index (χ1n) is 4.86. The molecule has 5 heteroatoms. The molecule has 1 aromatic rings. The lowest BCUT2D eigenvalue weighted by atomic mass is 10.1. The van der Waals surface area contributed by atoms with Gasteiger partial charge in [0, 0.05) is 17.4 Å². The maximum absolute atomic E-state index is 11.9. The zero-order chi connectivity index (χ0) is 12.3. The zero-order valence-electron chi connectivity index (χ0n) is 9.14. The predicted octanol–water partition coefficient (Wildman–Crippen LogP) is 0.794. The Morgan fingerprint density at radius 1 is 1.44 bits per heavy atom. The van der Waals surface area contributed by atoms with Gasteiger partial charge in [-0.3, -0.25) is 10.1 Å². The monoisotopic (exact) mass is 241 g/mol. The Labute approximate surface area is 99.7 Å². The van der Waals surface area contributed by atoms with Crippen LogP contribution in [0.1, 0.15) is 24.2 Å². The molecule has 0 aliphatic rings. The number of carbonyl (C=O) groups is 1. The van der Waals surface area contributed by atoms with E-state index in [1.807, 2.05) is 0 Å². The van der Waals surface area contributed by atoms with E-state index in [0.717, 1.165) is 6.92 Å². The molecule has 0 aliphatic carbocycles. The van der Waals surface area contributed by atoms with Crippen molar-refractivity contribution < 1.29 is 15.0 Å². The number of ketones is 1. The Balaban J connectivity index is 2.83. The number of thiol groups is 1. The highest BCUT2D eigenvalue weighted by Gasteiger charge is 2.24. The second-order valence-electron chi connectivity index (χ2n) is 3.77. The average Bonchev–Trinajstić information content (AvgIpc) is 2.15. The molecule has 0 radical (unpaired) electrons. The number of nitrogens with one attached hydrogen (secondary N) is 1. The van der Waals surface area contributed by atoms with E-state index in [1.165, 1.54) is 0 Å². The first-order valence-corrected chi connectivity index (χ1v) is 5.30. The SMILES string of the molecule is CC(NC(C)(O)O)C(=O)c1ccccc1S. The number of benzene rings is 1. The smallest absolute Gasteiger partial charge is 0.219 e. The van der Waals surface area contributed by atoms with Crippen molar-refractivity contribution in [1.29, 1.82) is 0 Å². The molecule has 0 fully saturated rings. The molecule has 0 spiro atoms. The van der Waals surface area contributed by atoms with Gasteiger partial charge in [0.25, 0.3) is 0 Å². The van der Waals surface area contributed by atoms with Gasteiger partial charge in [-0.2, -0.15) is 0 Å². The van der Waals surface area contributed by atoms with Crippen LogP contribution in [0.4, 0.5) is 0 Å². The van der Waals surface area contributed by atoms with E-state index in [1.54, 1.807) is 31.2 Å². The molecule has 0 saturated heterocycles. The Morgan fingerprint density at radius 2 is 2.00 bits per heavy atom. The molecule has 88 valence electrons. The van der Waals surface area contributed by atoms with E-state index in [-0.39, 0.29) is 5.78 Å². The van der Waals surface area contributed by atoms with Gasteiger partial charge in [-0.05, 0) is 13.0 Å². The second-order valence-corrected chi connectivity index (χ2v) is 4.25. The van der Waals surface area contributed by atoms with Crippen LogP contribution in [-0.2, 0) is 0 Å². The van der Waals surface area contributed by atoms with Crippen LogP contribution in [0, 0.1) is 0 Å². The van der Waals surface area contributed by atoms with Crippen LogP contribution in [-0.4, -0.2) is 27.9 Å². The van der Waals surface area contributed by atoms with Gasteiger partial charge in [0.15, 0.2) is 5.78 Å². The lowest BCUT2D eigenvalue weighted by Gasteiger charge is -2.22. The molecule has 0 amide bonds. The van der Waals surface area contributed by atoms with Crippen molar-refractivity contribution in [2.45, 2.75) is 30.7 Å². The quantitative estimate of drug-likeness (QED) is 0.357. The van der Waals surface area contributed by atoms with Crippen LogP contribution in [0.15, 0.2) is 29.2 Å². The zero-order valence-corrected chi connectivity index (χ0v) is 10.0. The summed E-state index contributed by atoms with van der Waals surface area (Å²) in [6.07, 6.45) is 0. The maximum atomic E-state index is 11.9. The van der Waals surface area contributed by atoms with Crippen LogP contribution >= 0.6 is 12.6 Å². The molecular formula is C11H15NO3S. The predicted molar refractivity (Wildman–Crippen MR) is 63.5 cm³/mol. The van der Waals surface area contributed by atoms with Crippen molar-refractivity contribution in [1.82, 2.24) is 5.32 Å². The van der Waals surface area contributed by atoms with Gasteiger partial charge in [-0.1, -0.05) is 18.2 Å². The molecular weight excluding hydrogens is 226 g/mol. The van der Waals surface area contributed by atoms with E-state index in [0.29, 0.717) is 10.5 Å². The van der Waals surface area contributed by atoms with Gasteiger partial charge in [-0.15, -0.1) is 12.6 Å². The molecule has 1 unspecified atom stereocenters. The third-order valence-electron chi connectivity index (χ3n) is 2.05. The molecule has 0 aliphatic heterocycles. The fourth-order valence-corrected chi connectivity index (χ4v) is 1.66. The van der Waals surface area contributed by atoms with E-state index >= 15 is 0 Å². The largest absolute Gasteiger partial charge is 0.354 e. The Hall–Kier alpha value is -0.880. The van der Waals surface area contributed by atoms with Crippen molar-refractivity contribution in [2.24, 2.45) is 0 Å². The summed E-state index contributed by atoms with van der Waals surface area (Å²) in [5, 5.41) is 20.6. The summed E-state index contributed by atoms with van der Waals surface area (Å²) in [5.41, 5.74) is 0.454. The molecule has 0 bridgehead atoms. The molecule has 16 heavy (non-hydrogen) atoms. The van der Waals surface area contributed by atoms with Crippen LogP contribution in [0.5, 0.6) is 0 Å². The molecule has 1 atom stereocenters. The first kappa shape index (κ1) is 13.2. The highest BCUT2D eigenvalue weighted by Crippen LogP contribution is 2.15. The number of hydrogen-bond acceptors (Lipinski definition) is 5. The Kier molecular flexibility index (Phi) is 4.09. The van der Waals surface area contributed by atoms with E-state index < -0.39 is 12.0 Å². The molecule has 1 rings (SSSR count). The Bertz CT molecular complexity index is 387. The average molecular weight is 241 g/mol. The van der Waals surface area contributed by atoms with Crippen molar-refractivity contribution in [2.75, 3.05) is 0 Å². The normalized spacial score (nSPS) is 13.6. The second kappa shape index (κ2) is 4.97. The van der Waals surface area contributed by atoms with Gasteiger partial charge >= 0.3 is 0 Å². The minimum absolute atomic E-state index is 0.236. The molecule has 1 aromatic carbocycles. The standard InChI is InChI=1S/C11H15NO3S/c1-7(12-11(2,14)15)10(13)8-5-3-4-6-9(8)16/h3-7,12,14-16H,1-2H3. The summed E-state index contributed by atoms with van der Waals surface area (Å²) >= 11 is 4.17. The van der Waals surface area contributed by atoms with Gasteiger partial charge in [0.2, 0.25) is 5.91 Å². The fraction of sp³-hybridized carbons (Fsp3) is 0.364. The maximum Gasteiger partial charge on any atom is 0.219 e. The van der Waals surface area contributed by atoms with Crippen LogP contribution in [0.3, 0.4) is 0 Å². The van der Waals surface area contributed by atoms with Gasteiger partial charge in [-0.25, -0.2) is 0 Å². The number of rotatable bonds is 4. The van der Waals surface area contributed by atoms with Crippen molar-refractivity contribution in [3.05, 3.63) is 29.8 Å². The number of hydrogen-bond donors (Lipinski definition) is 4. The number of aliphatic hydroxyl groups is 2. The number of carbonyl (C=O) groups excluding carboxylic acids is 1. The lowest BCUT2D eigenvalue weighted by Crippen LogP contribution is -2.50. The molecule has 3 N–H and O–H groups in total. The van der Waals surface area contributed by atoms with Crippen LogP contribution < -0.4 is 5.32 Å². The molecule has 0 aromatic heterocycles. The summed E-state index contributed by atoms with van der Waals surface area (Å²) in [5.74, 6) is -2.31. The van der Waals surface area contributed by atoms with Crippen LogP contribution in [0.25, 0.3) is 0 Å². The first-order chi connectivity index (χ1) is 7.31. The topological polar surface area (TPSA) is 69.6 Å². The van der Waals surface area contributed by atoms with Gasteiger partial charge in [0.05, 0.1) is 6.04 Å². The third kappa shape index (κ3) is 3.61. The minimum Gasteiger partial charge on any atom is -0.354 e. The van der Waals surface area contributed by atoms with Crippen LogP contribution in [0.2, 0.25) is 0 Å². The van der Waals surface area contributed by atoms with Crippen molar-refractivity contribution in [3.8, 4) is 0 Å².